The van der Waals surface area contributed by atoms with Gasteiger partial charge in [-0.15, -0.1) is 0 Å². The van der Waals surface area contributed by atoms with Crippen LogP contribution in [0.25, 0.3) is 0 Å². The fourth-order valence-corrected chi connectivity index (χ4v) is 2.23. The van der Waals surface area contributed by atoms with E-state index in [2.05, 4.69) is 13.8 Å². The third-order valence-electron chi connectivity index (χ3n) is 3.07. The summed E-state index contributed by atoms with van der Waals surface area (Å²) >= 11 is 0. The van der Waals surface area contributed by atoms with Gasteiger partial charge >= 0.3 is 0 Å². The van der Waals surface area contributed by atoms with E-state index in [9.17, 15) is 4.79 Å². The zero-order valence-electron chi connectivity index (χ0n) is 9.58. The summed E-state index contributed by atoms with van der Waals surface area (Å²) in [5.41, 5.74) is 0. The van der Waals surface area contributed by atoms with E-state index in [1.807, 2.05) is 0 Å². The second-order valence-electron chi connectivity index (χ2n) is 4.72. The number of Topliss-reactive ketones (excluding diaryl/α,β-unsaturated/α-hetero) is 1. The molecule has 82 valence electrons. The summed E-state index contributed by atoms with van der Waals surface area (Å²) in [4.78, 5) is 11.1. The third kappa shape index (κ3) is 3.41. The van der Waals surface area contributed by atoms with Gasteiger partial charge in [-0.3, -0.25) is 0 Å². The van der Waals surface area contributed by atoms with Crippen molar-refractivity contribution in [2.24, 2.45) is 11.8 Å². The quantitative estimate of drug-likeness (QED) is 0.694. The molecule has 0 aromatic carbocycles. The standard InChI is InChI=1S/C12H22O2/c1-9(2)11(8-10(3)13)12-6-4-5-7-14-12/h9,11-12H,4-8H2,1-3H3. The molecule has 0 spiro atoms. The highest BCUT2D eigenvalue weighted by Gasteiger charge is 2.27. The van der Waals surface area contributed by atoms with Crippen molar-refractivity contribution in [3.63, 3.8) is 0 Å². The predicted molar refractivity (Wildman–Crippen MR) is 57.2 cm³/mol. The van der Waals surface area contributed by atoms with Crippen LogP contribution >= 0.6 is 0 Å². The van der Waals surface area contributed by atoms with Crippen LogP contribution in [-0.2, 0) is 9.53 Å². The summed E-state index contributed by atoms with van der Waals surface area (Å²) < 4.78 is 5.75. The smallest absolute Gasteiger partial charge is 0.130 e. The van der Waals surface area contributed by atoms with E-state index in [1.54, 1.807) is 6.92 Å². The van der Waals surface area contributed by atoms with E-state index in [1.165, 1.54) is 12.8 Å². The predicted octanol–water partition coefficient (Wildman–Crippen LogP) is 2.81. The van der Waals surface area contributed by atoms with Crippen LogP contribution in [0.1, 0.15) is 46.5 Å². The molecule has 0 amide bonds. The summed E-state index contributed by atoms with van der Waals surface area (Å²) in [5.74, 6) is 1.26. The average molecular weight is 198 g/mol. The monoisotopic (exact) mass is 198 g/mol. The number of carbonyl (C=O) groups excluding carboxylic acids is 1. The molecule has 1 saturated heterocycles. The topological polar surface area (TPSA) is 26.3 Å². The maximum absolute atomic E-state index is 11.1. The van der Waals surface area contributed by atoms with Crippen LogP contribution in [0, 0.1) is 11.8 Å². The Hall–Kier alpha value is -0.370. The van der Waals surface area contributed by atoms with Gasteiger partial charge in [-0.25, -0.2) is 0 Å². The molecular weight excluding hydrogens is 176 g/mol. The van der Waals surface area contributed by atoms with E-state index in [4.69, 9.17) is 4.74 Å². The minimum absolute atomic E-state index is 0.290. The zero-order chi connectivity index (χ0) is 10.6. The largest absolute Gasteiger partial charge is 0.378 e. The van der Waals surface area contributed by atoms with Crippen molar-refractivity contribution >= 4 is 5.78 Å². The molecule has 0 bridgehead atoms. The molecule has 0 aliphatic carbocycles. The van der Waals surface area contributed by atoms with Crippen molar-refractivity contribution < 1.29 is 9.53 Å². The highest BCUT2D eigenvalue weighted by Crippen LogP contribution is 2.28. The lowest BCUT2D eigenvalue weighted by Gasteiger charge is -2.32. The first-order valence-corrected chi connectivity index (χ1v) is 5.72. The normalized spacial score (nSPS) is 25.0. The highest BCUT2D eigenvalue weighted by molar-refractivity contribution is 5.75. The van der Waals surface area contributed by atoms with Crippen LogP contribution in [0.2, 0.25) is 0 Å². The lowest BCUT2D eigenvalue weighted by Crippen LogP contribution is -2.32. The molecule has 14 heavy (non-hydrogen) atoms. The number of hydrogen-bond acceptors (Lipinski definition) is 2. The van der Waals surface area contributed by atoms with Crippen molar-refractivity contribution in [1.29, 1.82) is 0 Å². The van der Waals surface area contributed by atoms with Crippen molar-refractivity contribution in [2.45, 2.75) is 52.6 Å². The SMILES string of the molecule is CC(=O)CC(C(C)C)C1CCCCO1. The van der Waals surface area contributed by atoms with Crippen LogP contribution in [0.15, 0.2) is 0 Å². The Morgan fingerprint density at radius 3 is 2.57 bits per heavy atom. The van der Waals surface area contributed by atoms with Crippen molar-refractivity contribution in [3.05, 3.63) is 0 Å². The van der Waals surface area contributed by atoms with E-state index in [0.29, 0.717) is 24.4 Å². The molecule has 0 aromatic rings. The Bertz CT molecular complexity index is 181. The second-order valence-corrected chi connectivity index (χ2v) is 4.72. The first-order valence-electron chi connectivity index (χ1n) is 5.72. The first kappa shape index (κ1) is 11.7. The Kier molecular flexibility index (Phi) is 4.59. The van der Waals surface area contributed by atoms with Crippen molar-refractivity contribution in [3.8, 4) is 0 Å². The zero-order valence-corrected chi connectivity index (χ0v) is 9.58. The van der Waals surface area contributed by atoms with Gasteiger partial charge in [-0.2, -0.15) is 0 Å². The van der Waals surface area contributed by atoms with Gasteiger partial charge < -0.3 is 9.53 Å². The molecular formula is C12H22O2. The number of hydrogen-bond donors (Lipinski definition) is 0. The van der Waals surface area contributed by atoms with Gasteiger partial charge in [0.2, 0.25) is 0 Å². The Morgan fingerprint density at radius 1 is 1.43 bits per heavy atom. The van der Waals surface area contributed by atoms with Crippen molar-refractivity contribution in [1.82, 2.24) is 0 Å². The first-order chi connectivity index (χ1) is 6.61. The molecule has 1 heterocycles. The molecule has 0 aromatic heterocycles. The maximum Gasteiger partial charge on any atom is 0.130 e. The van der Waals surface area contributed by atoms with Crippen molar-refractivity contribution in [2.75, 3.05) is 6.61 Å². The highest BCUT2D eigenvalue weighted by atomic mass is 16.5. The van der Waals surface area contributed by atoms with E-state index in [-0.39, 0.29) is 5.78 Å². The lowest BCUT2D eigenvalue weighted by molar-refractivity contribution is -0.120. The third-order valence-corrected chi connectivity index (χ3v) is 3.07. The van der Waals surface area contributed by atoms with Gasteiger partial charge in [0.1, 0.15) is 5.78 Å². The fourth-order valence-electron chi connectivity index (χ4n) is 2.23. The van der Waals surface area contributed by atoms with Gasteiger partial charge in [0, 0.05) is 13.0 Å². The van der Waals surface area contributed by atoms with Gasteiger partial charge in [0.05, 0.1) is 6.10 Å². The molecule has 2 atom stereocenters. The van der Waals surface area contributed by atoms with Gasteiger partial charge in [0.25, 0.3) is 0 Å². The second kappa shape index (κ2) is 5.50. The Morgan fingerprint density at radius 2 is 2.14 bits per heavy atom. The molecule has 0 radical (unpaired) electrons. The van der Waals surface area contributed by atoms with Crippen LogP contribution in [0.3, 0.4) is 0 Å². The number of carbonyl (C=O) groups is 1. The molecule has 1 aliphatic rings. The molecule has 2 nitrogen and oxygen atoms in total. The molecule has 0 saturated carbocycles. The number of ketones is 1. The maximum atomic E-state index is 11.1. The minimum Gasteiger partial charge on any atom is -0.378 e. The van der Waals surface area contributed by atoms with Crippen LogP contribution in [0.4, 0.5) is 0 Å². The van der Waals surface area contributed by atoms with Gasteiger partial charge in [-0.1, -0.05) is 13.8 Å². The molecule has 1 rings (SSSR count). The van der Waals surface area contributed by atoms with Gasteiger partial charge in [-0.05, 0) is 38.0 Å². The average Bonchev–Trinajstić information content (AvgIpc) is 2.15. The van der Waals surface area contributed by atoms with Crippen LogP contribution in [0.5, 0.6) is 0 Å². The Balaban J connectivity index is 2.51. The minimum atomic E-state index is 0.290. The number of ether oxygens (including phenoxy) is 1. The fraction of sp³-hybridized carbons (Fsp3) is 0.917. The lowest BCUT2D eigenvalue weighted by atomic mass is 9.83. The van der Waals surface area contributed by atoms with Crippen LogP contribution in [-0.4, -0.2) is 18.5 Å². The summed E-state index contributed by atoms with van der Waals surface area (Å²) in [6, 6.07) is 0. The summed E-state index contributed by atoms with van der Waals surface area (Å²) in [6.45, 7) is 6.93. The van der Waals surface area contributed by atoms with E-state index < -0.39 is 0 Å². The molecule has 1 fully saturated rings. The number of rotatable bonds is 4. The molecule has 1 aliphatic heterocycles. The molecule has 2 unspecified atom stereocenters. The Labute approximate surface area is 87.0 Å². The summed E-state index contributed by atoms with van der Waals surface area (Å²) in [7, 11) is 0. The molecule has 0 N–H and O–H groups in total. The van der Waals surface area contributed by atoms with E-state index in [0.717, 1.165) is 13.0 Å². The summed E-state index contributed by atoms with van der Waals surface area (Å²) in [5, 5.41) is 0. The van der Waals surface area contributed by atoms with E-state index >= 15 is 0 Å². The van der Waals surface area contributed by atoms with Gasteiger partial charge in [0.15, 0.2) is 0 Å². The van der Waals surface area contributed by atoms with Crippen LogP contribution < -0.4 is 0 Å². The summed E-state index contributed by atoms with van der Waals surface area (Å²) in [6.07, 6.45) is 4.58. The molecule has 2 heteroatoms.